The van der Waals surface area contributed by atoms with Gasteiger partial charge < -0.3 is 10.3 Å². The highest BCUT2D eigenvalue weighted by atomic mass is 19.4. The third-order valence-electron chi connectivity index (χ3n) is 4.52. The van der Waals surface area contributed by atoms with E-state index in [1.54, 1.807) is 18.3 Å². The highest BCUT2D eigenvalue weighted by molar-refractivity contribution is 5.91. The molecule has 4 rings (SSSR count). The maximum absolute atomic E-state index is 12.9. The third kappa shape index (κ3) is 3.36. The minimum Gasteiger partial charge on any atom is -0.382 e. The SMILES string of the molecule is Nc1n[nH]c2cc(-c3ccc(=O)n(Cc4cccc(C(F)(F)F)c4)c3)ccc12. The standard InChI is InChI=1S/C20H15F3N4O/c21-20(22,23)15-3-1-2-12(8-15)10-27-11-14(5-7-18(27)28)13-4-6-16-17(9-13)25-26-19(16)24/h1-9,11H,10H2,(H3,24,25,26). The summed E-state index contributed by atoms with van der Waals surface area (Å²) in [6.07, 6.45) is -2.80. The van der Waals surface area contributed by atoms with Crippen LogP contribution in [0.15, 0.2) is 65.6 Å². The molecule has 2 aromatic heterocycles. The monoisotopic (exact) mass is 384 g/mol. The number of hydrogen-bond acceptors (Lipinski definition) is 3. The first-order valence-electron chi connectivity index (χ1n) is 8.42. The second-order valence-corrected chi connectivity index (χ2v) is 6.45. The molecule has 28 heavy (non-hydrogen) atoms. The zero-order chi connectivity index (χ0) is 19.9. The van der Waals surface area contributed by atoms with E-state index in [4.69, 9.17) is 5.73 Å². The van der Waals surface area contributed by atoms with Crippen molar-refractivity contribution < 1.29 is 13.2 Å². The third-order valence-corrected chi connectivity index (χ3v) is 4.52. The van der Waals surface area contributed by atoms with Gasteiger partial charge >= 0.3 is 6.18 Å². The lowest BCUT2D eigenvalue weighted by Gasteiger charge is -2.11. The Morgan fingerprint density at radius 1 is 1.04 bits per heavy atom. The lowest BCUT2D eigenvalue weighted by Crippen LogP contribution is -2.19. The zero-order valence-electron chi connectivity index (χ0n) is 14.5. The number of aromatic amines is 1. The van der Waals surface area contributed by atoms with Crippen LogP contribution < -0.4 is 11.3 Å². The number of alkyl halides is 3. The molecule has 2 heterocycles. The molecule has 8 heteroatoms. The molecule has 4 aromatic rings. The van der Waals surface area contributed by atoms with Gasteiger partial charge in [-0.25, -0.2) is 0 Å². The smallest absolute Gasteiger partial charge is 0.382 e. The number of aromatic nitrogens is 3. The van der Waals surface area contributed by atoms with Crippen LogP contribution in [0.3, 0.4) is 0 Å². The van der Waals surface area contributed by atoms with E-state index in [-0.39, 0.29) is 12.1 Å². The molecule has 2 aromatic carbocycles. The summed E-state index contributed by atoms with van der Waals surface area (Å²) in [4.78, 5) is 12.2. The minimum atomic E-state index is -4.43. The average molecular weight is 384 g/mol. The van der Waals surface area contributed by atoms with E-state index in [1.165, 1.54) is 16.7 Å². The molecule has 0 unspecified atom stereocenters. The van der Waals surface area contributed by atoms with Gasteiger partial charge in [0.2, 0.25) is 0 Å². The Balaban J connectivity index is 1.70. The number of nitrogen functional groups attached to an aromatic ring is 1. The topological polar surface area (TPSA) is 76.7 Å². The van der Waals surface area contributed by atoms with E-state index < -0.39 is 11.7 Å². The van der Waals surface area contributed by atoms with Gasteiger partial charge in [0, 0.05) is 17.6 Å². The number of H-pyrrole nitrogens is 1. The molecule has 0 bridgehead atoms. The quantitative estimate of drug-likeness (QED) is 0.560. The fourth-order valence-corrected chi connectivity index (χ4v) is 3.09. The highest BCUT2D eigenvalue weighted by Crippen LogP contribution is 2.30. The highest BCUT2D eigenvalue weighted by Gasteiger charge is 2.30. The first kappa shape index (κ1) is 17.8. The largest absolute Gasteiger partial charge is 0.416 e. The van der Waals surface area contributed by atoms with Crippen LogP contribution in [0.4, 0.5) is 19.0 Å². The summed E-state index contributed by atoms with van der Waals surface area (Å²) in [5.74, 6) is 0.399. The molecule has 0 aliphatic carbocycles. The molecule has 5 nitrogen and oxygen atoms in total. The van der Waals surface area contributed by atoms with E-state index in [0.29, 0.717) is 11.4 Å². The zero-order valence-corrected chi connectivity index (χ0v) is 14.5. The lowest BCUT2D eigenvalue weighted by molar-refractivity contribution is -0.137. The van der Waals surface area contributed by atoms with E-state index in [2.05, 4.69) is 10.2 Å². The Kier molecular flexibility index (Phi) is 4.18. The van der Waals surface area contributed by atoms with Crippen LogP contribution in [0.5, 0.6) is 0 Å². The summed E-state index contributed by atoms with van der Waals surface area (Å²) in [6, 6.07) is 13.6. The molecule has 0 radical (unpaired) electrons. The maximum Gasteiger partial charge on any atom is 0.416 e. The minimum absolute atomic E-state index is 0.0375. The van der Waals surface area contributed by atoms with Crippen molar-refractivity contribution in [2.75, 3.05) is 5.73 Å². The number of nitrogens with zero attached hydrogens (tertiary/aromatic N) is 2. The first-order valence-corrected chi connectivity index (χ1v) is 8.42. The number of pyridine rings is 1. The van der Waals surface area contributed by atoms with Crippen LogP contribution in [-0.4, -0.2) is 14.8 Å². The Bertz CT molecular complexity index is 1220. The normalized spacial score (nSPS) is 11.8. The number of nitrogens with one attached hydrogen (secondary N) is 1. The Morgan fingerprint density at radius 3 is 2.61 bits per heavy atom. The van der Waals surface area contributed by atoms with Crippen molar-refractivity contribution in [3.05, 3.63) is 82.3 Å². The van der Waals surface area contributed by atoms with Crippen LogP contribution >= 0.6 is 0 Å². The summed E-state index contributed by atoms with van der Waals surface area (Å²) in [7, 11) is 0. The summed E-state index contributed by atoms with van der Waals surface area (Å²) in [5.41, 5.74) is 7.46. The number of fused-ring (bicyclic) bond motifs is 1. The van der Waals surface area contributed by atoms with Crippen molar-refractivity contribution in [2.45, 2.75) is 12.7 Å². The molecule has 0 aliphatic rings. The summed E-state index contributed by atoms with van der Waals surface area (Å²) in [5, 5.41) is 7.58. The predicted octanol–water partition coefficient (Wildman–Crippen LogP) is 4.04. The van der Waals surface area contributed by atoms with Crippen molar-refractivity contribution in [1.29, 1.82) is 0 Å². The van der Waals surface area contributed by atoms with Crippen LogP contribution in [-0.2, 0) is 12.7 Å². The Morgan fingerprint density at radius 2 is 1.82 bits per heavy atom. The van der Waals surface area contributed by atoms with Gasteiger partial charge in [0.1, 0.15) is 0 Å². The Labute approximate surface area is 157 Å². The van der Waals surface area contributed by atoms with E-state index in [0.717, 1.165) is 34.2 Å². The van der Waals surface area contributed by atoms with Crippen LogP contribution in [0.1, 0.15) is 11.1 Å². The van der Waals surface area contributed by atoms with E-state index in [1.807, 2.05) is 18.2 Å². The summed E-state index contributed by atoms with van der Waals surface area (Å²) < 4.78 is 40.1. The van der Waals surface area contributed by atoms with Crippen molar-refractivity contribution in [3.63, 3.8) is 0 Å². The van der Waals surface area contributed by atoms with Gasteiger partial charge in [-0.2, -0.15) is 18.3 Å². The molecule has 142 valence electrons. The van der Waals surface area contributed by atoms with Gasteiger partial charge in [0.25, 0.3) is 5.56 Å². The van der Waals surface area contributed by atoms with Crippen molar-refractivity contribution in [3.8, 4) is 11.1 Å². The van der Waals surface area contributed by atoms with Gasteiger partial charge in [-0.15, -0.1) is 0 Å². The van der Waals surface area contributed by atoms with Gasteiger partial charge in [-0.3, -0.25) is 9.89 Å². The molecule has 3 N–H and O–H groups in total. The number of halogens is 3. The van der Waals surface area contributed by atoms with Gasteiger partial charge in [-0.1, -0.05) is 18.2 Å². The van der Waals surface area contributed by atoms with Crippen LogP contribution in [0.2, 0.25) is 0 Å². The molecule has 0 saturated heterocycles. The van der Waals surface area contributed by atoms with Gasteiger partial charge in [0.05, 0.1) is 17.6 Å². The number of benzene rings is 2. The second kappa shape index (κ2) is 6.56. The van der Waals surface area contributed by atoms with Gasteiger partial charge in [0.15, 0.2) is 5.82 Å². The van der Waals surface area contributed by atoms with Crippen molar-refractivity contribution in [2.24, 2.45) is 0 Å². The van der Waals surface area contributed by atoms with Gasteiger partial charge in [-0.05, 0) is 47.0 Å². The number of hydrogen-bond donors (Lipinski definition) is 2. The van der Waals surface area contributed by atoms with Crippen molar-refractivity contribution in [1.82, 2.24) is 14.8 Å². The predicted molar refractivity (Wildman–Crippen MR) is 101 cm³/mol. The van der Waals surface area contributed by atoms with Crippen LogP contribution in [0.25, 0.3) is 22.0 Å². The maximum atomic E-state index is 12.9. The number of anilines is 1. The Hall–Kier alpha value is -3.55. The molecule has 0 spiro atoms. The molecule has 0 atom stereocenters. The molecule has 0 aliphatic heterocycles. The van der Waals surface area contributed by atoms with E-state index in [9.17, 15) is 18.0 Å². The van der Waals surface area contributed by atoms with E-state index >= 15 is 0 Å². The fourth-order valence-electron chi connectivity index (χ4n) is 3.09. The average Bonchev–Trinajstić information content (AvgIpc) is 3.03. The lowest BCUT2D eigenvalue weighted by atomic mass is 10.1. The molecular formula is C20H15F3N4O. The molecule has 0 fully saturated rings. The number of nitrogens with two attached hydrogens (primary N) is 1. The number of rotatable bonds is 3. The van der Waals surface area contributed by atoms with Crippen LogP contribution in [0, 0.1) is 0 Å². The molecule has 0 saturated carbocycles. The fraction of sp³-hybridized carbons (Fsp3) is 0.100. The molecule has 0 amide bonds. The molecular weight excluding hydrogens is 369 g/mol. The summed E-state index contributed by atoms with van der Waals surface area (Å²) in [6.45, 7) is 0.0375. The first-order chi connectivity index (χ1) is 13.3. The van der Waals surface area contributed by atoms with Crippen molar-refractivity contribution >= 4 is 16.7 Å². The summed E-state index contributed by atoms with van der Waals surface area (Å²) >= 11 is 0. The second-order valence-electron chi connectivity index (χ2n) is 6.45.